The third-order valence-electron chi connectivity index (χ3n) is 1.67. The first kappa shape index (κ1) is 11.4. The molecule has 1 aromatic rings. The predicted octanol–water partition coefficient (Wildman–Crippen LogP) is 1.50. The largest absolute Gasteiger partial charge is 0.271 e. The van der Waals surface area contributed by atoms with Crippen LogP contribution in [0, 0.1) is 0 Å². The lowest BCUT2D eigenvalue weighted by Gasteiger charge is -2.08. The fraction of sp³-hybridized carbons (Fsp3) is 0.333. The summed E-state index contributed by atoms with van der Waals surface area (Å²) in [4.78, 5) is 0. The van der Waals surface area contributed by atoms with E-state index in [0.29, 0.717) is 6.04 Å². The van der Waals surface area contributed by atoms with Crippen molar-refractivity contribution < 1.29 is 0 Å². The van der Waals surface area contributed by atoms with Crippen molar-refractivity contribution >= 4 is 12.4 Å². The number of hydrogen-bond acceptors (Lipinski definition) is 2. The summed E-state index contributed by atoms with van der Waals surface area (Å²) >= 11 is 0. The lowest BCUT2D eigenvalue weighted by atomic mass is 10.1. The van der Waals surface area contributed by atoms with Crippen LogP contribution in [0.1, 0.15) is 12.5 Å². The van der Waals surface area contributed by atoms with E-state index in [2.05, 4.69) is 24.5 Å². The van der Waals surface area contributed by atoms with Gasteiger partial charge in [0, 0.05) is 6.04 Å². The first-order chi connectivity index (χ1) is 5.33. The Bertz CT molecular complexity index is 201. The molecular formula is C9H15ClN2. The molecule has 0 radical (unpaired) electrons. The fourth-order valence-electron chi connectivity index (χ4n) is 1.03. The van der Waals surface area contributed by atoms with Crippen LogP contribution in [0.5, 0.6) is 0 Å². The molecule has 1 rings (SSSR count). The maximum atomic E-state index is 5.27. The van der Waals surface area contributed by atoms with E-state index in [4.69, 9.17) is 5.84 Å². The molecule has 3 N–H and O–H groups in total. The van der Waals surface area contributed by atoms with Crippen LogP contribution >= 0.6 is 12.4 Å². The number of hydrogen-bond donors (Lipinski definition) is 2. The van der Waals surface area contributed by atoms with E-state index in [-0.39, 0.29) is 12.4 Å². The van der Waals surface area contributed by atoms with E-state index in [9.17, 15) is 0 Å². The molecule has 12 heavy (non-hydrogen) atoms. The van der Waals surface area contributed by atoms with Gasteiger partial charge in [0.1, 0.15) is 0 Å². The van der Waals surface area contributed by atoms with Crippen molar-refractivity contribution in [2.24, 2.45) is 5.84 Å². The summed E-state index contributed by atoms with van der Waals surface area (Å²) in [5.74, 6) is 5.27. The van der Waals surface area contributed by atoms with Gasteiger partial charge in [-0.25, -0.2) is 0 Å². The zero-order valence-electron chi connectivity index (χ0n) is 7.16. The molecule has 1 unspecified atom stereocenters. The molecule has 0 fully saturated rings. The Morgan fingerprint density at radius 2 is 1.92 bits per heavy atom. The van der Waals surface area contributed by atoms with E-state index >= 15 is 0 Å². The van der Waals surface area contributed by atoms with Crippen LogP contribution in [0.2, 0.25) is 0 Å². The van der Waals surface area contributed by atoms with E-state index in [1.807, 2.05) is 18.2 Å². The zero-order chi connectivity index (χ0) is 8.10. The number of nitrogens with one attached hydrogen (secondary N) is 1. The number of benzene rings is 1. The van der Waals surface area contributed by atoms with Crippen molar-refractivity contribution in [1.82, 2.24) is 5.43 Å². The topological polar surface area (TPSA) is 38.0 Å². The molecule has 0 spiro atoms. The second kappa shape index (κ2) is 6.00. The van der Waals surface area contributed by atoms with Crippen molar-refractivity contribution in [1.29, 1.82) is 0 Å². The molecule has 68 valence electrons. The second-order valence-electron chi connectivity index (χ2n) is 2.76. The van der Waals surface area contributed by atoms with Crippen LogP contribution < -0.4 is 11.3 Å². The molecule has 0 aliphatic rings. The Morgan fingerprint density at radius 3 is 2.42 bits per heavy atom. The van der Waals surface area contributed by atoms with Crippen LogP contribution in [0.15, 0.2) is 30.3 Å². The van der Waals surface area contributed by atoms with Gasteiger partial charge < -0.3 is 0 Å². The maximum absolute atomic E-state index is 5.27. The Hall–Kier alpha value is -0.570. The van der Waals surface area contributed by atoms with Crippen LogP contribution in [-0.4, -0.2) is 6.04 Å². The average Bonchev–Trinajstić information content (AvgIpc) is 2.06. The number of nitrogens with two attached hydrogens (primary N) is 1. The SMILES string of the molecule is CC(Cc1ccccc1)NN.Cl. The molecule has 0 aliphatic carbocycles. The normalized spacial score (nSPS) is 11.8. The minimum Gasteiger partial charge on any atom is -0.271 e. The molecule has 3 heteroatoms. The monoisotopic (exact) mass is 186 g/mol. The molecule has 2 nitrogen and oxygen atoms in total. The molecule has 1 aromatic carbocycles. The predicted molar refractivity (Wildman–Crippen MR) is 54.2 cm³/mol. The average molecular weight is 187 g/mol. The molecule has 0 amide bonds. The summed E-state index contributed by atoms with van der Waals surface area (Å²) in [6.07, 6.45) is 0.983. The third-order valence-corrected chi connectivity index (χ3v) is 1.67. The molecular weight excluding hydrogens is 172 g/mol. The highest BCUT2D eigenvalue weighted by atomic mass is 35.5. The first-order valence-corrected chi connectivity index (χ1v) is 3.83. The van der Waals surface area contributed by atoms with Gasteiger partial charge in [0.2, 0.25) is 0 Å². The van der Waals surface area contributed by atoms with Crippen molar-refractivity contribution in [2.75, 3.05) is 0 Å². The highest BCUT2D eigenvalue weighted by Gasteiger charge is 1.98. The first-order valence-electron chi connectivity index (χ1n) is 3.83. The summed E-state index contributed by atoms with van der Waals surface area (Å²) in [6, 6.07) is 10.7. The van der Waals surface area contributed by atoms with Gasteiger partial charge in [0.15, 0.2) is 0 Å². The Morgan fingerprint density at radius 1 is 1.33 bits per heavy atom. The van der Waals surface area contributed by atoms with Gasteiger partial charge in [-0.3, -0.25) is 11.3 Å². The van der Waals surface area contributed by atoms with Gasteiger partial charge in [0.25, 0.3) is 0 Å². The quantitative estimate of drug-likeness (QED) is 0.555. The van der Waals surface area contributed by atoms with Crippen molar-refractivity contribution in [3.05, 3.63) is 35.9 Å². The molecule has 1 atom stereocenters. The lowest BCUT2D eigenvalue weighted by Crippen LogP contribution is -2.33. The van der Waals surface area contributed by atoms with Gasteiger partial charge in [-0.05, 0) is 18.9 Å². The summed E-state index contributed by atoms with van der Waals surface area (Å²) in [7, 11) is 0. The van der Waals surface area contributed by atoms with Gasteiger partial charge in [-0.15, -0.1) is 12.4 Å². The second-order valence-corrected chi connectivity index (χ2v) is 2.76. The molecule has 0 saturated heterocycles. The summed E-state index contributed by atoms with van der Waals surface area (Å²) in [6.45, 7) is 2.06. The molecule has 0 aliphatic heterocycles. The highest BCUT2D eigenvalue weighted by Crippen LogP contribution is 2.01. The zero-order valence-corrected chi connectivity index (χ0v) is 7.97. The Balaban J connectivity index is 0.00000121. The molecule has 0 heterocycles. The Kier molecular flexibility index (Phi) is 5.72. The molecule has 0 saturated carbocycles. The molecule has 0 aromatic heterocycles. The van der Waals surface area contributed by atoms with Crippen LogP contribution in [0.25, 0.3) is 0 Å². The lowest BCUT2D eigenvalue weighted by molar-refractivity contribution is 0.568. The van der Waals surface area contributed by atoms with Crippen LogP contribution in [0.4, 0.5) is 0 Å². The number of halogens is 1. The van der Waals surface area contributed by atoms with Crippen LogP contribution in [-0.2, 0) is 6.42 Å². The van der Waals surface area contributed by atoms with Crippen molar-refractivity contribution in [3.8, 4) is 0 Å². The summed E-state index contributed by atoms with van der Waals surface area (Å²) < 4.78 is 0. The van der Waals surface area contributed by atoms with E-state index in [0.717, 1.165) is 6.42 Å². The Labute approximate surface area is 79.5 Å². The van der Waals surface area contributed by atoms with Gasteiger partial charge in [-0.2, -0.15) is 0 Å². The van der Waals surface area contributed by atoms with Gasteiger partial charge in [0.05, 0.1) is 0 Å². The smallest absolute Gasteiger partial charge is 0.0222 e. The standard InChI is InChI=1S/C9H14N2.ClH/c1-8(11-10)7-9-5-3-2-4-6-9;/h2-6,8,11H,7,10H2,1H3;1H. The maximum Gasteiger partial charge on any atom is 0.0222 e. The van der Waals surface area contributed by atoms with Crippen molar-refractivity contribution in [2.45, 2.75) is 19.4 Å². The van der Waals surface area contributed by atoms with Crippen LogP contribution in [0.3, 0.4) is 0 Å². The van der Waals surface area contributed by atoms with Gasteiger partial charge >= 0.3 is 0 Å². The minimum atomic E-state index is 0. The van der Waals surface area contributed by atoms with E-state index < -0.39 is 0 Å². The van der Waals surface area contributed by atoms with E-state index in [1.54, 1.807) is 0 Å². The third kappa shape index (κ3) is 3.72. The van der Waals surface area contributed by atoms with Gasteiger partial charge in [-0.1, -0.05) is 30.3 Å². The highest BCUT2D eigenvalue weighted by molar-refractivity contribution is 5.85. The molecule has 0 bridgehead atoms. The summed E-state index contributed by atoms with van der Waals surface area (Å²) in [5, 5.41) is 0. The number of rotatable bonds is 3. The minimum absolute atomic E-state index is 0. The van der Waals surface area contributed by atoms with Crippen molar-refractivity contribution in [3.63, 3.8) is 0 Å². The summed E-state index contributed by atoms with van der Waals surface area (Å²) in [5.41, 5.74) is 4.03. The van der Waals surface area contributed by atoms with E-state index in [1.165, 1.54) is 5.56 Å². The fourth-order valence-corrected chi connectivity index (χ4v) is 1.03. The number of hydrazine groups is 1.